The highest BCUT2D eigenvalue weighted by atomic mass is 32.1. The highest BCUT2D eigenvalue weighted by Gasteiger charge is 2.21. The molecule has 1 amide bonds. The van der Waals surface area contributed by atoms with E-state index in [1.807, 2.05) is 0 Å². The molecule has 14 heteroatoms. The Morgan fingerprint density at radius 1 is 1.12 bits per heavy atom. The molecule has 0 aliphatic rings. The van der Waals surface area contributed by atoms with Gasteiger partial charge in [0, 0.05) is 17.7 Å². The fourth-order valence-corrected chi connectivity index (χ4v) is 2.91. The zero-order chi connectivity index (χ0) is 23.3. The quantitative estimate of drug-likeness (QED) is 0.245. The maximum Gasteiger partial charge on any atom is 0.326 e. The van der Waals surface area contributed by atoms with Gasteiger partial charge in [-0.2, -0.15) is 0 Å². The molecule has 2 heterocycles. The smallest absolute Gasteiger partial charge is 0.326 e. The predicted octanol–water partition coefficient (Wildman–Crippen LogP) is 0.719. The van der Waals surface area contributed by atoms with Crippen LogP contribution >= 0.6 is 12.2 Å². The highest BCUT2D eigenvalue weighted by molar-refractivity contribution is 7.71. The topological polar surface area (TPSA) is 209 Å². The van der Waals surface area contributed by atoms with Gasteiger partial charge in [-0.15, -0.1) is 10.2 Å². The van der Waals surface area contributed by atoms with Gasteiger partial charge in [0.1, 0.15) is 11.6 Å². The number of rotatable bonds is 9. The summed E-state index contributed by atoms with van der Waals surface area (Å²) in [4.78, 5) is 45.1. The molecule has 2 aromatic heterocycles. The van der Waals surface area contributed by atoms with Crippen LogP contribution in [-0.2, 0) is 16.1 Å². The molecule has 0 aliphatic carbocycles. The number of H-pyrrole nitrogens is 1. The third-order valence-corrected chi connectivity index (χ3v) is 4.53. The number of carbonyl (C=O) groups is 3. The number of aromatic nitrogens is 5. The second-order valence-corrected chi connectivity index (χ2v) is 6.97. The lowest BCUT2D eigenvalue weighted by atomic mass is 10.1. The van der Waals surface area contributed by atoms with Crippen LogP contribution in [0.4, 0.5) is 11.6 Å². The molecule has 1 unspecified atom stereocenters. The molecule has 7 N–H and O–H groups in total. The number of aromatic amines is 1. The van der Waals surface area contributed by atoms with E-state index in [2.05, 4.69) is 35.8 Å². The standard InChI is InChI=1S/C18H18N8O5S/c19-18-23-14-13(16(32)24-18)22-11(25-26-14)7-20-9-3-1-8(2-4-9)15(29)21-10(17(30)31)5-6-12(27)28/h1-4,10,20H,5-7H2,(H,21,29)(H,27,28)(H,30,31)(H3,19,23,24,26,32). The first-order valence-electron chi connectivity index (χ1n) is 9.21. The molecule has 13 nitrogen and oxygen atoms in total. The van der Waals surface area contributed by atoms with Crippen molar-refractivity contribution in [3.05, 3.63) is 40.3 Å². The summed E-state index contributed by atoms with van der Waals surface area (Å²) in [6.45, 7) is 0.212. The molecule has 0 spiro atoms. The van der Waals surface area contributed by atoms with Crippen LogP contribution in [0.15, 0.2) is 24.3 Å². The maximum atomic E-state index is 12.3. The average molecular weight is 458 g/mol. The van der Waals surface area contributed by atoms with Crippen LogP contribution in [0.1, 0.15) is 29.0 Å². The molecule has 166 valence electrons. The van der Waals surface area contributed by atoms with Gasteiger partial charge in [0.2, 0.25) is 5.95 Å². The minimum atomic E-state index is -1.31. The van der Waals surface area contributed by atoms with E-state index in [0.29, 0.717) is 22.7 Å². The number of nitrogens with two attached hydrogens (primary N) is 1. The van der Waals surface area contributed by atoms with Crippen LogP contribution in [0.25, 0.3) is 11.2 Å². The highest BCUT2D eigenvalue weighted by Crippen LogP contribution is 2.12. The molecular formula is C18H18N8O5S. The van der Waals surface area contributed by atoms with Crippen molar-refractivity contribution < 1.29 is 24.6 Å². The minimum Gasteiger partial charge on any atom is -0.481 e. The van der Waals surface area contributed by atoms with Gasteiger partial charge in [-0.05, 0) is 30.7 Å². The van der Waals surface area contributed by atoms with Gasteiger partial charge in [-0.25, -0.2) is 14.8 Å². The Hall–Kier alpha value is -4.20. The Labute approximate surface area is 185 Å². The van der Waals surface area contributed by atoms with E-state index < -0.39 is 23.9 Å². The number of aliphatic carboxylic acids is 2. The molecule has 0 radical (unpaired) electrons. The van der Waals surface area contributed by atoms with Crippen molar-refractivity contribution in [1.82, 2.24) is 30.5 Å². The number of nitrogen functional groups attached to an aromatic ring is 1. The predicted molar refractivity (Wildman–Crippen MR) is 114 cm³/mol. The summed E-state index contributed by atoms with van der Waals surface area (Å²) >= 11 is 5.13. The lowest BCUT2D eigenvalue weighted by Crippen LogP contribution is -2.41. The molecule has 0 bridgehead atoms. The zero-order valence-corrected chi connectivity index (χ0v) is 17.2. The number of fused-ring (bicyclic) bond motifs is 1. The van der Waals surface area contributed by atoms with E-state index in [9.17, 15) is 14.4 Å². The summed E-state index contributed by atoms with van der Waals surface area (Å²) in [5.41, 5.74) is 7.13. The molecule has 1 aromatic carbocycles. The summed E-state index contributed by atoms with van der Waals surface area (Å²) in [6, 6.07) is 4.92. The van der Waals surface area contributed by atoms with Crippen LogP contribution in [0.3, 0.4) is 0 Å². The third-order valence-electron chi connectivity index (χ3n) is 4.25. The van der Waals surface area contributed by atoms with Crippen molar-refractivity contribution in [3.8, 4) is 0 Å². The largest absolute Gasteiger partial charge is 0.481 e. The molecule has 1 atom stereocenters. The average Bonchev–Trinajstić information content (AvgIpc) is 2.75. The number of nitrogens with one attached hydrogen (secondary N) is 3. The lowest BCUT2D eigenvalue weighted by molar-refractivity contribution is -0.140. The third kappa shape index (κ3) is 5.69. The van der Waals surface area contributed by atoms with Crippen molar-refractivity contribution in [2.75, 3.05) is 11.1 Å². The Bertz CT molecular complexity index is 1230. The van der Waals surface area contributed by atoms with Crippen LogP contribution < -0.4 is 16.4 Å². The van der Waals surface area contributed by atoms with Gasteiger partial charge in [-0.1, -0.05) is 12.2 Å². The summed E-state index contributed by atoms with van der Waals surface area (Å²) in [7, 11) is 0. The maximum absolute atomic E-state index is 12.3. The first-order chi connectivity index (χ1) is 15.2. The summed E-state index contributed by atoms with van der Waals surface area (Å²) < 4.78 is 0.200. The van der Waals surface area contributed by atoms with Crippen molar-refractivity contribution in [2.45, 2.75) is 25.4 Å². The van der Waals surface area contributed by atoms with Crippen molar-refractivity contribution in [1.29, 1.82) is 0 Å². The number of carboxylic acids is 2. The lowest BCUT2D eigenvalue weighted by Gasteiger charge is -2.14. The Morgan fingerprint density at radius 2 is 1.84 bits per heavy atom. The summed E-state index contributed by atoms with van der Waals surface area (Å²) in [6.07, 6.45) is -0.595. The number of carboxylic acid groups (broad SMARTS) is 2. The second-order valence-electron chi connectivity index (χ2n) is 6.58. The minimum absolute atomic E-state index is 0.116. The van der Waals surface area contributed by atoms with Crippen molar-refractivity contribution in [2.24, 2.45) is 0 Å². The van der Waals surface area contributed by atoms with Crippen LogP contribution in [0, 0.1) is 4.64 Å². The number of hydrogen-bond donors (Lipinski definition) is 6. The van der Waals surface area contributed by atoms with Crippen LogP contribution in [0.2, 0.25) is 0 Å². The monoisotopic (exact) mass is 458 g/mol. The number of benzene rings is 1. The van der Waals surface area contributed by atoms with E-state index >= 15 is 0 Å². The van der Waals surface area contributed by atoms with E-state index in [1.54, 1.807) is 12.1 Å². The molecule has 3 aromatic rings. The van der Waals surface area contributed by atoms with Crippen LogP contribution in [-0.4, -0.2) is 59.2 Å². The second kappa shape index (κ2) is 9.74. The first kappa shape index (κ1) is 22.5. The SMILES string of the molecule is Nc1nc(=S)c2nc(CNc3ccc(C(=O)NC(CCC(=O)O)C(=O)O)cc3)nnc2[nH]1. The van der Waals surface area contributed by atoms with Gasteiger partial charge in [0.15, 0.2) is 16.1 Å². The van der Waals surface area contributed by atoms with Gasteiger partial charge in [0.05, 0.1) is 6.54 Å². The van der Waals surface area contributed by atoms with E-state index in [0.717, 1.165) is 0 Å². The molecule has 32 heavy (non-hydrogen) atoms. The van der Waals surface area contributed by atoms with Gasteiger partial charge < -0.3 is 31.6 Å². The number of hydrogen-bond acceptors (Lipinski definition) is 10. The van der Waals surface area contributed by atoms with E-state index in [1.165, 1.54) is 12.1 Å². The number of amides is 1. The van der Waals surface area contributed by atoms with Crippen molar-refractivity contribution >= 4 is 52.9 Å². The molecule has 0 saturated carbocycles. The Kier molecular flexibility index (Phi) is 6.84. The number of carbonyl (C=O) groups excluding carboxylic acids is 1. The molecule has 0 aliphatic heterocycles. The van der Waals surface area contributed by atoms with E-state index in [4.69, 9.17) is 28.2 Å². The Balaban J connectivity index is 1.62. The fourth-order valence-electron chi connectivity index (χ4n) is 2.67. The number of nitrogens with zero attached hydrogens (tertiary/aromatic N) is 4. The van der Waals surface area contributed by atoms with Crippen molar-refractivity contribution in [3.63, 3.8) is 0 Å². The molecule has 3 rings (SSSR count). The van der Waals surface area contributed by atoms with Gasteiger partial charge >= 0.3 is 11.9 Å². The number of anilines is 2. The first-order valence-corrected chi connectivity index (χ1v) is 9.62. The molecular weight excluding hydrogens is 440 g/mol. The van der Waals surface area contributed by atoms with E-state index in [-0.39, 0.29) is 35.5 Å². The normalized spacial score (nSPS) is 11.6. The fraction of sp³-hybridized carbons (Fsp3) is 0.222. The summed E-state index contributed by atoms with van der Waals surface area (Å²) in [5, 5.41) is 31.2. The Morgan fingerprint density at radius 3 is 2.50 bits per heavy atom. The van der Waals surface area contributed by atoms with Crippen LogP contribution in [0.5, 0.6) is 0 Å². The summed E-state index contributed by atoms with van der Waals surface area (Å²) in [5.74, 6) is -2.61. The molecule has 0 fully saturated rings. The van der Waals surface area contributed by atoms with Gasteiger partial charge in [0.25, 0.3) is 5.91 Å². The van der Waals surface area contributed by atoms with Gasteiger partial charge in [-0.3, -0.25) is 9.59 Å². The molecule has 0 saturated heterocycles. The zero-order valence-electron chi connectivity index (χ0n) is 16.4.